The van der Waals surface area contributed by atoms with E-state index in [2.05, 4.69) is 51.8 Å². The van der Waals surface area contributed by atoms with Crippen LogP contribution in [-0.2, 0) is 20.1 Å². The van der Waals surface area contributed by atoms with Crippen LogP contribution < -0.4 is 20.9 Å². The molecule has 278 valence electrons. The Labute approximate surface area is 312 Å². The number of para-hydroxylation sites is 1. The SMILES string of the molecule is CNC(=O)c1nnc(NC(=O)c2cnn(C)c2)cc1Nc1cccc2c1N(C)Cc1c-2cnn1C1CCN(Cc2cccc(C(=O)N3CCCC3)n2)CC1. The van der Waals surface area contributed by atoms with Crippen molar-refractivity contribution in [3.8, 4) is 11.1 Å². The molecule has 3 aliphatic rings. The highest BCUT2D eigenvalue weighted by Gasteiger charge is 2.31. The minimum atomic E-state index is -0.416. The molecule has 0 aliphatic carbocycles. The van der Waals surface area contributed by atoms with Crippen molar-refractivity contribution in [1.29, 1.82) is 0 Å². The number of nitrogens with one attached hydrogen (secondary N) is 3. The van der Waals surface area contributed by atoms with Crippen molar-refractivity contribution in [1.82, 2.24) is 49.9 Å². The molecule has 1 aromatic carbocycles. The molecule has 16 heteroatoms. The summed E-state index contributed by atoms with van der Waals surface area (Å²) >= 11 is 0. The van der Waals surface area contributed by atoms with Crippen LogP contribution in [-0.4, -0.2) is 103 Å². The number of aromatic nitrogens is 7. The topological polar surface area (TPSA) is 171 Å². The Morgan fingerprint density at radius 3 is 2.43 bits per heavy atom. The zero-order valence-electron chi connectivity index (χ0n) is 30.6. The third kappa shape index (κ3) is 6.87. The molecule has 2 saturated heterocycles. The quantitative estimate of drug-likeness (QED) is 0.201. The van der Waals surface area contributed by atoms with Crippen LogP contribution in [0, 0.1) is 0 Å². The molecule has 0 unspecified atom stereocenters. The normalized spacial score (nSPS) is 15.8. The van der Waals surface area contributed by atoms with Gasteiger partial charge in [0.2, 0.25) is 0 Å². The number of nitrogens with zero attached hydrogens (tertiary/aromatic N) is 10. The average molecular weight is 730 g/mol. The minimum absolute atomic E-state index is 0.0331. The van der Waals surface area contributed by atoms with Crippen molar-refractivity contribution < 1.29 is 14.4 Å². The molecule has 5 aromatic rings. The van der Waals surface area contributed by atoms with Gasteiger partial charge in [0.15, 0.2) is 11.5 Å². The Balaban J connectivity index is 0.982. The highest BCUT2D eigenvalue weighted by molar-refractivity contribution is 6.05. The molecule has 8 rings (SSSR count). The van der Waals surface area contributed by atoms with Crippen LogP contribution in [0.15, 0.2) is 61.1 Å². The molecule has 4 aromatic heterocycles. The molecule has 0 bridgehead atoms. The van der Waals surface area contributed by atoms with Gasteiger partial charge < -0.3 is 25.8 Å². The van der Waals surface area contributed by atoms with E-state index in [4.69, 9.17) is 10.1 Å². The van der Waals surface area contributed by atoms with Gasteiger partial charge in [0.05, 0.1) is 59.0 Å². The second-order valence-corrected chi connectivity index (χ2v) is 14.1. The van der Waals surface area contributed by atoms with Crippen LogP contribution in [0.25, 0.3) is 11.1 Å². The van der Waals surface area contributed by atoms with E-state index in [1.165, 1.54) is 17.9 Å². The second kappa shape index (κ2) is 14.7. The summed E-state index contributed by atoms with van der Waals surface area (Å²) in [5.41, 5.74) is 7.29. The Hall–Kier alpha value is -6.16. The number of rotatable bonds is 9. The third-order valence-electron chi connectivity index (χ3n) is 10.4. The van der Waals surface area contributed by atoms with Crippen molar-refractivity contribution in [2.24, 2.45) is 7.05 Å². The molecule has 3 N–H and O–H groups in total. The number of anilines is 4. The largest absolute Gasteiger partial charge is 0.366 e. The third-order valence-corrected chi connectivity index (χ3v) is 10.4. The molecule has 7 heterocycles. The lowest BCUT2D eigenvalue weighted by molar-refractivity contribution is 0.0785. The van der Waals surface area contributed by atoms with E-state index in [1.807, 2.05) is 48.5 Å². The number of hydrogen-bond acceptors (Lipinski definition) is 11. The van der Waals surface area contributed by atoms with Crippen molar-refractivity contribution in [3.63, 3.8) is 0 Å². The maximum Gasteiger partial charge on any atom is 0.273 e. The highest BCUT2D eigenvalue weighted by Crippen LogP contribution is 2.45. The molecule has 54 heavy (non-hydrogen) atoms. The van der Waals surface area contributed by atoms with Gasteiger partial charge in [-0.1, -0.05) is 18.2 Å². The number of piperidine rings is 1. The number of pyridine rings is 1. The molecular formula is C38H43N13O3. The molecule has 3 aliphatic heterocycles. The Kier molecular flexibility index (Phi) is 9.50. The number of hydrogen-bond donors (Lipinski definition) is 3. The summed E-state index contributed by atoms with van der Waals surface area (Å²) in [5, 5.41) is 26.1. The van der Waals surface area contributed by atoms with Gasteiger partial charge >= 0.3 is 0 Å². The van der Waals surface area contributed by atoms with Gasteiger partial charge in [-0.15, -0.1) is 10.2 Å². The summed E-state index contributed by atoms with van der Waals surface area (Å²) < 4.78 is 3.74. The van der Waals surface area contributed by atoms with Gasteiger partial charge in [-0.2, -0.15) is 10.2 Å². The van der Waals surface area contributed by atoms with E-state index >= 15 is 0 Å². The molecule has 0 spiro atoms. The maximum absolute atomic E-state index is 12.9. The molecule has 2 fully saturated rings. The van der Waals surface area contributed by atoms with Crippen LogP contribution in [0.5, 0.6) is 0 Å². The Bertz CT molecular complexity index is 2220. The first-order valence-corrected chi connectivity index (χ1v) is 18.3. The average Bonchev–Trinajstić information content (AvgIpc) is 3.97. The Morgan fingerprint density at radius 2 is 1.67 bits per heavy atom. The van der Waals surface area contributed by atoms with Gasteiger partial charge in [0, 0.05) is 77.3 Å². The van der Waals surface area contributed by atoms with Crippen LogP contribution in [0.2, 0.25) is 0 Å². The first kappa shape index (κ1) is 34.9. The summed E-state index contributed by atoms with van der Waals surface area (Å²) in [7, 11) is 5.31. The fourth-order valence-corrected chi connectivity index (χ4v) is 7.69. The van der Waals surface area contributed by atoms with Crippen molar-refractivity contribution in [3.05, 3.63) is 89.4 Å². The fourth-order valence-electron chi connectivity index (χ4n) is 7.69. The molecule has 0 radical (unpaired) electrons. The predicted molar refractivity (Wildman–Crippen MR) is 203 cm³/mol. The van der Waals surface area contributed by atoms with E-state index in [-0.39, 0.29) is 23.5 Å². The van der Waals surface area contributed by atoms with Crippen molar-refractivity contribution >= 4 is 40.6 Å². The summed E-state index contributed by atoms with van der Waals surface area (Å²) in [6, 6.07) is 13.7. The maximum atomic E-state index is 12.9. The Morgan fingerprint density at radius 1 is 0.870 bits per heavy atom. The summed E-state index contributed by atoms with van der Waals surface area (Å²) in [6.07, 6.45) is 9.05. The predicted octanol–water partition coefficient (Wildman–Crippen LogP) is 3.85. The van der Waals surface area contributed by atoms with Crippen LogP contribution in [0.4, 0.5) is 22.9 Å². The standard InChI is InChI=1S/C38H43N13O3/c1-39-37(53)34-31(18-33(45-46-34)44-36(52)24-19-40-48(3)21-24)43-29-10-7-9-27-28-20-41-51(32(28)23-47(2)35(27)29)26-12-16-49(17-13-26)22-25-8-6-11-30(42-25)38(54)50-14-4-5-15-50/h6-11,18-21,26H,4-5,12-17,22-23H2,1-3H3,(H,39,53)(H2,43,44,45,52). The monoisotopic (exact) mass is 729 g/mol. The van der Waals surface area contributed by atoms with Crippen molar-refractivity contribution in [2.75, 3.05) is 55.8 Å². The first-order valence-electron chi connectivity index (χ1n) is 18.3. The van der Waals surface area contributed by atoms with Crippen LogP contribution in [0.1, 0.15) is 74.4 Å². The van der Waals surface area contributed by atoms with Gasteiger partial charge in [0.1, 0.15) is 5.69 Å². The highest BCUT2D eigenvalue weighted by atomic mass is 16.2. The van der Waals surface area contributed by atoms with E-state index in [9.17, 15) is 14.4 Å². The zero-order chi connectivity index (χ0) is 37.3. The molecule has 0 atom stereocenters. The number of fused-ring (bicyclic) bond motifs is 3. The second-order valence-electron chi connectivity index (χ2n) is 14.1. The molecule has 3 amide bonds. The van der Waals surface area contributed by atoms with Crippen LogP contribution in [0.3, 0.4) is 0 Å². The van der Waals surface area contributed by atoms with Gasteiger partial charge in [0.25, 0.3) is 17.7 Å². The van der Waals surface area contributed by atoms with Gasteiger partial charge in [-0.3, -0.25) is 28.6 Å². The van der Waals surface area contributed by atoms with E-state index in [0.29, 0.717) is 30.0 Å². The molecule has 0 saturated carbocycles. The molecule has 16 nitrogen and oxygen atoms in total. The minimum Gasteiger partial charge on any atom is -0.366 e. The number of likely N-dealkylation sites (tertiary alicyclic amines) is 2. The zero-order valence-corrected chi connectivity index (χ0v) is 30.6. The number of carbonyl (C=O) groups is 3. The number of benzene rings is 1. The van der Waals surface area contributed by atoms with E-state index < -0.39 is 11.8 Å². The summed E-state index contributed by atoms with van der Waals surface area (Å²) in [6.45, 7) is 4.80. The van der Waals surface area contributed by atoms with Crippen LogP contribution >= 0.6 is 0 Å². The summed E-state index contributed by atoms with van der Waals surface area (Å²) in [5.74, 6) is -0.592. The first-order chi connectivity index (χ1) is 26.2. The van der Waals surface area contributed by atoms with Crippen molar-refractivity contribution in [2.45, 2.75) is 44.8 Å². The smallest absolute Gasteiger partial charge is 0.273 e. The van der Waals surface area contributed by atoms with Gasteiger partial charge in [-0.25, -0.2) is 4.98 Å². The van der Waals surface area contributed by atoms with Gasteiger partial charge in [-0.05, 0) is 43.9 Å². The summed E-state index contributed by atoms with van der Waals surface area (Å²) in [4.78, 5) is 49.9. The molecular weight excluding hydrogens is 687 g/mol. The number of carbonyl (C=O) groups excluding carboxylic acids is 3. The lowest BCUT2D eigenvalue weighted by Crippen LogP contribution is -2.36. The lowest BCUT2D eigenvalue weighted by atomic mass is 9.97. The number of aryl methyl sites for hydroxylation is 1. The van der Waals surface area contributed by atoms with E-state index in [1.54, 1.807) is 19.3 Å². The number of amides is 3. The fraction of sp³-hybridized carbons (Fsp3) is 0.368. The van der Waals surface area contributed by atoms with E-state index in [0.717, 1.165) is 85.8 Å². The lowest BCUT2D eigenvalue weighted by Gasteiger charge is -2.35.